The van der Waals surface area contributed by atoms with Crippen molar-refractivity contribution in [1.29, 1.82) is 0 Å². The lowest BCUT2D eigenvalue weighted by atomic mass is 10.0. The molecule has 1 amide bonds. The van der Waals surface area contributed by atoms with Crippen molar-refractivity contribution < 1.29 is 18.3 Å². The van der Waals surface area contributed by atoms with Gasteiger partial charge in [0.1, 0.15) is 5.75 Å². The Hall–Kier alpha value is -3.03. The lowest BCUT2D eigenvalue weighted by Crippen LogP contribution is -2.45. The highest BCUT2D eigenvalue weighted by atomic mass is 19.3. The number of piperidine rings is 1. The number of likely N-dealkylation sites (tertiary alicyclic amines) is 1. The second kappa shape index (κ2) is 6.61. The van der Waals surface area contributed by atoms with Gasteiger partial charge in [-0.1, -0.05) is 0 Å². The summed E-state index contributed by atoms with van der Waals surface area (Å²) in [6, 6.07) is 6.81. The van der Waals surface area contributed by atoms with Crippen LogP contribution < -0.4 is 4.74 Å². The number of fused-ring (bicyclic) bond motifs is 1. The minimum absolute atomic E-state index is 0.189. The summed E-state index contributed by atoms with van der Waals surface area (Å²) in [7, 11) is 1.54. The number of halogens is 2. The average molecular weight is 372 g/mol. The first-order valence-electron chi connectivity index (χ1n) is 8.62. The van der Waals surface area contributed by atoms with E-state index in [-0.39, 0.29) is 12.8 Å². The predicted octanol–water partition coefficient (Wildman–Crippen LogP) is 3.50. The Balaban J connectivity index is 1.84. The molecule has 0 bridgehead atoms. The Morgan fingerprint density at radius 3 is 2.89 bits per heavy atom. The first-order chi connectivity index (χ1) is 13.0. The molecule has 1 fully saturated rings. The fourth-order valence-corrected chi connectivity index (χ4v) is 3.36. The Bertz CT molecular complexity index is 989. The third-order valence-electron chi connectivity index (χ3n) is 4.72. The first-order valence-corrected chi connectivity index (χ1v) is 8.62. The quantitative estimate of drug-likeness (QED) is 0.764. The maximum Gasteiger partial charge on any atom is 0.265 e. The summed E-state index contributed by atoms with van der Waals surface area (Å²) in [6.07, 6.45) is 3.35. The minimum atomic E-state index is -2.85. The smallest absolute Gasteiger partial charge is 0.265 e. The van der Waals surface area contributed by atoms with Crippen LogP contribution in [0.1, 0.15) is 23.2 Å². The second-order valence-corrected chi connectivity index (χ2v) is 6.61. The number of aromatic amines is 1. The van der Waals surface area contributed by atoms with Crippen LogP contribution in [0.5, 0.6) is 5.75 Å². The van der Waals surface area contributed by atoms with Gasteiger partial charge >= 0.3 is 0 Å². The molecule has 3 heterocycles. The molecule has 27 heavy (non-hydrogen) atoms. The number of hydrogen-bond acceptors (Lipinski definition) is 4. The third kappa shape index (κ3) is 3.34. The number of hydrogen-bond donors (Lipinski definition) is 1. The van der Waals surface area contributed by atoms with Crippen LogP contribution in [0, 0.1) is 0 Å². The van der Waals surface area contributed by atoms with Crippen molar-refractivity contribution in [3.8, 4) is 17.0 Å². The highest BCUT2D eigenvalue weighted by Crippen LogP contribution is 2.31. The van der Waals surface area contributed by atoms with Gasteiger partial charge in [-0.2, -0.15) is 5.10 Å². The molecule has 1 aliphatic heterocycles. The number of carbonyl (C=O) groups excluding carboxylic acids is 1. The molecule has 1 N–H and O–H groups in total. The maximum atomic E-state index is 13.8. The molecule has 4 rings (SSSR count). The number of aromatic nitrogens is 3. The molecule has 0 saturated carbocycles. The first kappa shape index (κ1) is 17.4. The summed E-state index contributed by atoms with van der Waals surface area (Å²) < 4.78 is 32.9. The molecule has 0 unspecified atom stereocenters. The summed E-state index contributed by atoms with van der Waals surface area (Å²) in [5, 5.41) is 7.22. The lowest BCUT2D eigenvalue weighted by Gasteiger charge is -2.32. The van der Waals surface area contributed by atoms with Crippen molar-refractivity contribution in [2.24, 2.45) is 0 Å². The fraction of sp³-hybridized carbons (Fsp3) is 0.316. The van der Waals surface area contributed by atoms with E-state index in [4.69, 9.17) is 4.74 Å². The van der Waals surface area contributed by atoms with E-state index in [1.165, 1.54) is 4.90 Å². The van der Waals surface area contributed by atoms with E-state index in [0.29, 0.717) is 40.0 Å². The third-order valence-corrected chi connectivity index (χ3v) is 4.72. The van der Waals surface area contributed by atoms with Crippen molar-refractivity contribution >= 4 is 16.8 Å². The largest absolute Gasteiger partial charge is 0.497 e. The van der Waals surface area contributed by atoms with Gasteiger partial charge in [-0.15, -0.1) is 0 Å². The molecule has 0 atom stereocenters. The van der Waals surface area contributed by atoms with Crippen molar-refractivity contribution in [2.75, 3.05) is 20.2 Å². The summed E-state index contributed by atoms with van der Waals surface area (Å²) >= 11 is 0. The average Bonchev–Trinajstić information content (AvgIpc) is 3.20. The maximum absolute atomic E-state index is 13.8. The topological polar surface area (TPSA) is 71.1 Å². The fourth-order valence-electron chi connectivity index (χ4n) is 3.36. The van der Waals surface area contributed by atoms with Crippen LogP contribution in [-0.2, 0) is 0 Å². The van der Waals surface area contributed by atoms with Gasteiger partial charge in [-0.05, 0) is 24.6 Å². The Labute approximate surface area is 154 Å². The van der Waals surface area contributed by atoms with Crippen LogP contribution in [0.3, 0.4) is 0 Å². The number of rotatable bonds is 3. The van der Waals surface area contributed by atoms with Crippen molar-refractivity contribution in [1.82, 2.24) is 20.1 Å². The van der Waals surface area contributed by atoms with Crippen LogP contribution in [0.4, 0.5) is 8.78 Å². The van der Waals surface area contributed by atoms with Crippen LogP contribution in [0.15, 0.2) is 36.7 Å². The number of H-pyrrole nitrogens is 1. The number of carbonyl (C=O) groups is 1. The summed E-state index contributed by atoms with van der Waals surface area (Å²) in [4.78, 5) is 18.9. The van der Waals surface area contributed by atoms with Gasteiger partial charge in [0, 0.05) is 36.2 Å². The van der Waals surface area contributed by atoms with Crippen LogP contribution in [0.2, 0.25) is 0 Å². The number of alkyl halides is 2. The van der Waals surface area contributed by atoms with Crippen molar-refractivity contribution in [3.63, 3.8) is 0 Å². The summed E-state index contributed by atoms with van der Waals surface area (Å²) in [5.41, 5.74) is 2.14. The van der Waals surface area contributed by atoms with Gasteiger partial charge in [0.15, 0.2) is 0 Å². The van der Waals surface area contributed by atoms with Crippen LogP contribution in [-0.4, -0.2) is 52.1 Å². The standard InChI is InChI=1S/C19H18F2N4O2/c1-27-13-3-4-14-15(18(26)25-6-2-5-19(20,21)11-25)8-16(24-17(14)7-13)12-9-22-23-10-12/h3-4,7-10H,2,5-6,11H2,1H3,(H,22,23). The number of nitrogens with one attached hydrogen (secondary N) is 1. The molecule has 6 nitrogen and oxygen atoms in total. The molecule has 0 radical (unpaired) electrons. The molecule has 0 aliphatic carbocycles. The van der Waals surface area contributed by atoms with E-state index in [2.05, 4.69) is 15.2 Å². The Morgan fingerprint density at radius 2 is 2.19 bits per heavy atom. The second-order valence-electron chi connectivity index (χ2n) is 6.61. The van der Waals surface area contributed by atoms with Gasteiger partial charge in [0.25, 0.3) is 11.8 Å². The summed E-state index contributed by atoms with van der Waals surface area (Å²) in [5.74, 6) is -2.67. The SMILES string of the molecule is COc1ccc2c(C(=O)N3CCCC(F)(F)C3)cc(-c3cn[nH]c3)nc2c1. The van der Waals surface area contributed by atoms with Crippen molar-refractivity contribution in [2.45, 2.75) is 18.8 Å². The molecule has 1 saturated heterocycles. The molecular formula is C19H18F2N4O2. The van der Waals surface area contributed by atoms with Crippen LogP contribution in [0.25, 0.3) is 22.2 Å². The van der Waals surface area contributed by atoms with Gasteiger partial charge in [0.05, 0.1) is 36.6 Å². The molecule has 0 spiro atoms. The monoisotopic (exact) mass is 372 g/mol. The van der Waals surface area contributed by atoms with E-state index >= 15 is 0 Å². The van der Waals surface area contributed by atoms with Gasteiger partial charge in [-0.25, -0.2) is 13.8 Å². The highest BCUT2D eigenvalue weighted by molar-refractivity contribution is 6.07. The molecule has 1 aromatic carbocycles. The number of pyridine rings is 1. The van der Waals surface area contributed by atoms with E-state index in [1.54, 1.807) is 43.8 Å². The zero-order valence-electron chi connectivity index (χ0n) is 14.7. The van der Waals surface area contributed by atoms with Gasteiger partial charge < -0.3 is 9.64 Å². The van der Waals surface area contributed by atoms with E-state index in [9.17, 15) is 13.6 Å². The number of ether oxygens (including phenoxy) is 1. The van der Waals surface area contributed by atoms with Gasteiger partial charge in [0.2, 0.25) is 0 Å². The van der Waals surface area contributed by atoms with E-state index < -0.39 is 18.4 Å². The lowest BCUT2D eigenvalue weighted by molar-refractivity contribution is -0.0560. The molecule has 1 aliphatic rings. The molecular weight excluding hydrogens is 354 g/mol. The zero-order chi connectivity index (χ0) is 19.0. The number of amides is 1. The Kier molecular flexibility index (Phi) is 4.25. The van der Waals surface area contributed by atoms with Crippen LogP contribution >= 0.6 is 0 Å². The number of nitrogens with zero attached hydrogens (tertiary/aromatic N) is 3. The minimum Gasteiger partial charge on any atom is -0.497 e. The molecule has 2 aromatic heterocycles. The highest BCUT2D eigenvalue weighted by Gasteiger charge is 2.37. The predicted molar refractivity (Wildman–Crippen MR) is 96.0 cm³/mol. The number of benzene rings is 1. The Morgan fingerprint density at radius 1 is 1.33 bits per heavy atom. The molecule has 3 aromatic rings. The molecule has 140 valence electrons. The number of methoxy groups -OCH3 is 1. The summed E-state index contributed by atoms with van der Waals surface area (Å²) in [6.45, 7) is -0.248. The zero-order valence-corrected chi connectivity index (χ0v) is 14.7. The normalized spacial score (nSPS) is 16.5. The van der Waals surface area contributed by atoms with E-state index in [0.717, 1.165) is 0 Å². The van der Waals surface area contributed by atoms with E-state index in [1.807, 2.05) is 0 Å². The van der Waals surface area contributed by atoms with Gasteiger partial charge in [-0.3, -0.25) is 9.89 Å². The molecule has 8 heteroatoms. The van der Waals surface area contributed by atoms with Crippen molar-refractivity contribution in [3.05, 3.63) is 42.2 Å².